The zero-order valence-corrected chi connectivity index (χ0v) is 12.9. The molecule has 0 saturated heterocycles. The highest BCUT2D eigenvalue weighted by atomic mass is 16.1. The summed E-state index contributed by atoms with van der Waals surface area (Å²) in [5.41, 5.74) is 6.18. The van der Waals surface area contributed by atoms with Crippen LogP contribution in [-0.2, 0) is 4.79 Å². The zero-order chi connectivity index (χ0) is 14.2. The predicted octanol–water partition coefficient (Wildman–Crippen LogP) is 2.69. The van der Waals surface area contributed by atoms with Crippen molar-refractivity contribution in [3.63, 3.8) is 0 Å². The van der Waals surface area contributed by atoms with Gasteiger partial charge < -0.3 is 11.1 Å². The van der Waals surface area contributed by atoms with Gasteiger partial charge in [0.25, 0.3) is 0 Å². The highest BCUT2D eigenvalue weighted by molar-refractivity contribution is 5.78. The molecule has 114 valence electrons. The number of amides is 1. The molecule has 4 rings (SSSR count). The minimum Gasteiger partial charge on any atom is -0.355 e. The van der Waals surface area contributed by atoms with Gasteiger partial charge in [0.1, 0.15) is 0 Å². The van der Waals surface area contributed by atoms with Gasteiger partial charge in [-0.25, -0.2) is 0 Å². The first-order chi connectivity index (χ1) is 9.64. The van der Waals surface area contributed by atoms with E-state index in [2.05, 4.69) is 12.2 Å². The Morgan fingerprint density at radius 2 is 1.75 bits per heavy atom. The van der Waals surface area contributed by atoms with E-state index in [0.29, 0.717) is 12.0 Å². The highest BCUT2D eigenvalue weighted by Gasteiger charge is 2.50. The summed E-state index contributed by atoms with van der Waals surface area (Å²) in [4.78, 5) is 12.3. The van der Waals surface area contributed by atoms with Gasteiger partial charge in [-0.2, -0.15) is 0 Å². The molecule has 3 nitrogen and oxygen atoms in total. The van der Waals surface area contributed by atoms with Crippen LogP contribution in [-0.4, -0.2) is 19.0 Å². The lowest BCUT2D eigenvalue weighted by atomic mass is 9.49. The summed E-state index contributed by atoms with van der Waals surface area (Å²) in [7, 11) is 0. The van der Waals surface area contributed by atoms with Gasteiger partial charge in [-0.1, -0.05) is 13.3 Å². The fourth-order valence-electron chi connectivity index (χ4n) is 5.63. The van der Waals surface area contributed by atoms with Gasteiger partial charge in [0.05, 0.1) is 5.92 Å². The molecule has 0 heterocycles. The minimum atomic E-state index is 0.0221. The fourth-order valence-corrected chi connectivity index (χ4v) is 5.63. The molecule has 20 heavy (non-hydrogen) atoms. The molecule has 4 aliphatic carbocycles. The van der Waals surface area contributed by atoms with Crippen LogP contribution in [0.2, 0.25) is 0 Å². The molecule has 1 atom stereocenters. The summed E-state index contributed by atoms with van der Waals surface area (Å²) in [6.45, 7) is 3.52. The molecular weight excluding hydrogens is 248 g/mol. The van der Waals surface area contributed by atoms with Gasteiger partial charge in [-0.15, -0.1) is 0 Å². The van der Waals surface area contributed by atoms with Gasteiger partial charge >= 0.3 is 0 Å². The summed E-state index contributed by atoms with van der Waals surface area (Å²) < 4.78 is 0. The van der Waals surface area contributed by atoms with E-state index in [1.807, 2.05) is 0 Å². The van der Waals surface area contributed by atoms with E-state index in [0.717, 1.165) is 37.1 Å². The van der Waals surface area contributed by atoms with Crippen LogP contribution < -0.4 is 11.1 Å². The lowest BCUT2D eigenvalue weighted by Gasteiger charge is -2.57. The number of rotatable bonds is 6. The molecule has 4 saturated carbocycles. The SMILES string of the molecule is CCCC(CN)C(=O)NCC12CC3CC(CC(C3)C1)C2. The third kappa shape index (κ3) is 2.74. The van der Waals surface area contributed by atoms with Crippen molar-refractivity contribution < 1.29 is 4.79 Å². The maximum absolute atomic E-state index is 12.3. The maximum atomic E-state index is 12.3. The van der Waals surface area contributed by atoms with E-state index >= 15 is 0 Å². The topological polar surface area (TPSA) is 55.1 Å². The van der Waals surface area contributed by atoms with Crippen molar-refractivity contribution in [2.45, 2.75) is 58.3 Å². The number of carbonyl (C=O) groups excluding carboxylic acids is 1. The van der Waals surface area contributed by atoms with Crippen LogP contribution in [0.25, 0.3) is 0 Å². The van der Waals surface area contributed by atoms with Gasteiger partial charge in [0.2, 0.25) is 5.91 Å². The standard InChI is InChI=1S/C17H30N2O/c1-2-3-15(10-18)16(20)19-11-17-7-12-4-13(8-17)6-14(5-12)9-17/h12-15H,2-11,18H2,1H3,(H,19,20). The molecule has 0 aromatic carbocycles. The van der Waals surface area contributed by atoms with Gasteiger partial charge in [-0.3, -0.25) is 4.79 Å². The Bertz CT molecular complexity index is 331. The van der Waals surface area contributed by atoms with Crippen LogP contribution in [0.4, 0.5) is 0 Å². The Morgan fingerprint density at radius 1 is 1.20 bits per heavy atom. The Kier molecular flexibility index (Phi) is 4.07. The molecular formula is C17H30N2O. The first kappa shape index (κ1) is 14.4. The molecule has 0 aromatic heterocycles. The van der Waals surface area contributed by atoms with E-state index in [4.69, 9.17) is 5.73 Å². The van der Waals surface area contributed by atoms with Crippen LogP contribution in [0.5, 0.6) is 0 Å². The molecule has 3 heteroatoms. The number of hydrogen-bond acceptors (Lipinski definition) is 2. The predicted molar refractivity (Wildman–Crippen MR) is 81.1 cm³/mol. The van der Waals surface area contributed by atoms with Crippen LogP contribution in [0, 0.1) is 29.1 Å². The fraction of sp³-hybridized carbons (Fsp3) is 0.941. The van der Waals surface area contributed by atoms with Crippen molar-refractivity contribution in [3.8, 4) is 0 Å². The van der Waals surface area contributed by atoms with Crippen molar-refractivity contribution in [1.29, 1.82) is 0 Å². The average molecular weight is 278 g/mol. The number of hydrogen-bond donors (Lipinski definition) is 2. The lowest BCUT2D eigenvalue weighted by Crippen LogP contribution is -2.52. The number of nitrogens with two attached hydrogens (primary N) is 1. The quantitative estimate of drug-likeness (QED) is 0.785. The van der Waals surface area contributed by atoms with Crippen LogP contribution in [0.1, 0.15) is 58.3 Å². The molecule has 4 bridgehead atoms. The maximum Gasteiger partial charge on any atom is 0.224 e. The molecule has 1 amide bonds. The van der Waals surface area contributed by atoms with Crippen molar-refractivity contribution in [3.05, 3.63) is 0 Å². The molecule has 0 aromatic rings. The molecule has 1 unspecified atom stereocenters. The second-order valence-electron chi connectivity index (χ2n) is 7.86. The largest absolute Gasteiger partial charge is 0.355 e. The second kappa shape index (κ2) is 5.67. The zero-order valence-electron chi connectivity index (χ0n) is 12.9. The van der Waals surface area contributed by atoms with Crippen molar-refractivity contribution in [2.75, 3.05) is 13.1 Å². The van der Waals surface area contributed by atoms with E-state index in [-0.39, 0.29) is 11.8 Å². The molecule has 0 radical (unpaired) electrons. The third-order valence-corrected chi connectivity index (χ3v) is 6.10. The van der Waals surface area contributed by atoms with E-state index in [9.17, 15) is 4.79 Å². The third-order valence-electron chi connectivity index (χ3n) is 6.10. The summed E-state index contributed by atoms with van der Waals surface area (Å²) in [5, 5.41) is 3.26. The highest BCUT2D eigenvalue weighted by Crippen LogP contribution is 2.59. The van der Waals surface area contributed by atoms with Crippen LogP contribution in [0.15, 0.2) is 0 Å². The number of nitrogens with one attached hydrogen (secondary N) is 1. The Morgan fingerprint density at radius 3 is 2.20 bits per heavy atom. The van der Waals surface area contributed by atoms with Crippen molar-refractivity contribution >= 4 is 5.91 Å². The lowest BCUT2D eigenvalue weighted by molar-refractivity contribution is -0.127. The Balaban J connectivity index is 1.56. The Labute approximate surface area is 123 Å². The monoisotopic (exact) mass is 278 g/mol. The minimum absolute atomic E-state index is 0.0221. The summed E-state index contributed by atoms with van der Waals surface area (Å²) in [6, 6.07) is 0. The second-order valence-corrected chi connectivity index (χ2v) is 7.86. The van der Waals surface area contributed by atoms with E-state index in [1.165, 1.54) is 38.5 Å². The van der Waals surface area contributed by atoms with Crippen LogP contribution >= 0.6 is 0 Å². The smallest absolute Gasteiger partial charge is 0.224 e. The van der Waals surface area contributed by atoms with E-state index < -0.39 is 0 Å². The first-order valence-corrected chi connectivity index (χ1v) is 8.62. The summed E-state index contributed by atoms with van der Waals surface area (Å²) in [5.74, 6) is 3.09. The van der Waals surface area contributed by atoms with E-state index in [1.54, 1.807) is 0 Å². The normalized spacial score (nSPS) is 39.8. The molecule has 3 N–H and O–H groups in total. The molecule has 4 aliphatic rings. The average Bonchev–Trinajstić information content (AvgIpc) is 2.41. The number of carbonyl (C=O) groups is 1. The van der Waals surface area contributed by atoms with Gasteiger partial charge in [0.15, 0.2) is 0 Å². The van der Waals surface area contributed by atoms with Crippen molar-refractivity contribution in [1.82, 2.24) is 5.32 Å². The summed E-state index contributed by atoms with van der Waals surface area (Å²) >= 11 is 0. The van der Waals surface area contributed by atoms with Gasteiger partial charge in [-0.05, 0) is 68.1 Å². The molecule has 0 aliphatic heterocycles. The van der Waals surface area contributed by atoms with Crippen molar-refractivity contribution in [2.24, 2.45) is 34.8 Å². The molecule has 4 fully saturated rings. The first-order valence-electron chi connectivity index (χ1n) is 8.62. The molecule has 0 spiro atoms. The van der Waals surface area contributed by atoms with Crippen LogP contribution in [0.3, 0.4) is 0 Å². The summed E-state index contributed by atoms with van der Waals surface area (Å²) in [6.07, 6.45) is 10.4. The Hall–Kier alpha value is -0.570. The van der Waals surface area contributed by atoms with Gasteiger partial charge in [0, 0.05) is 13.1 Å².